The molecule has 0 saturated carbocycles. The van der Waals surface area contributed by atoms with Crippen molar-refractivity contribution >= 4 is 10.9 Å². The fourth-order valence-electron chi connectivity index (χ4n) is 2.52. The molecule has 20 heavy (non-hydrogen) atoms. The van der Waals surface area contributed by atoms with Gasteiger partial charge in [-0.05, 0) is 46.8 Å². The van der Waals surface area contributed by atoms with Crippen molar-refractivity contribution in [3.63, 3.8) is 0 Å². The van der Waals surface area contributed by atoms with Gasteiger partial charge < -0.3 is 4.98 Å². The third-order valence-electron chi connectivity index (χ3n) is 3.56. The number of fused-ring (bicyclic) bond motifs is 1. The highest BCUT2D eigenvalue weighted by molar-refractivity contribution is 5.85. The smallest absolute Gasteiger partial charge is 0.0650 e. The highest BCUT2D eigenvalue weighted by Gasteiger charge is 2.03. The number of benzene rings is 2. The Hall–Kier alpha value is -2.81. The lowest BCUT2D eigenvalue weighted by Gasteiger charge is -2.05. The summed E-state index contributed by atoms with van der Waals surface area (Å²) in [5, 5.41) is 8.24. The number of aromatic amines is 2. The molecule has 0 spiro atoms. The molecule has 2 N–H and O–H groups in total. The van der Waals surface area contributed by atoms with E-state index in [1.807, 2.05) is 12.3 Å². The first-order chi connectivity index (χ1) is 9.90. The molecule has 2 aromatic carbocycles. The van der Waals surface area contributed by atoms with Gasteiger partial charge in [0.2, 0.25) is 0 Å². The highest BCUT2D eigenvalue weighted by atomic mass is 15.1. The van der Waals surface area contributed by atoms with Gasteiger partial charge in [0, 0.05) is 23.5 Å². The lowest BCUT2D eigenvalue weighted by atomic mass is 10.0. The molecule has 0 bridgehead atoms. The zero-order valence-electron chi connectivity index (χ0n) is 10.8. The Bertz CT molecular complexity index is 857. The third-order valence-corrected chi connectivity index (χ3v) is 3.56. The Morgan fingerprint density at radius 3 is 2.60 bits per heavy atom. The number of H-pyrrole nitrogens is 2. The Morgan fingerprint density at radius 1 is 0.800 bits per heavy atom. The van der Waals surface area contributed by atoms with Crippen molar-refractivity contribution < 1.29 is 0 Å². The first kappa shape index (κ1) is 11.1. The average Bonchev–Trinajstić information content (AvgIpc) is 3.18. The molecule has 0 saturated heterocycles. The number of hydrogen-bond donors (Lipinski definition) is 2. The van der Waals surface area contributed by atoms with Crippen LogP contribution in [0.25, 0.3) is 33.3 Å². The van der Waals surface area contributed by atoms with E-state index in [2.05, 4.69) is 63.7 Å². The second kappa shape index (κ2) is 4.38. The van der Waals surface area contributed by atoms with Crippen LogP contribution in [-0.2, 0) is 0 Å². The summed E-state index contributed by atoms with van der Waals surface area (Å²) in [6.07, 6.45) is 3.74. The van der Waals surface area contributed by atoms with Crippen LogP contribution in [0.15, 0.2) is 67.0 Å². The van der Waals surface area contributed by atoms with Crippen molar-refractivity contribution in [3.05, 3.63) is 67.0 Å². The molecule has 0 unspecified atom stereocenters. The number of nitrogens with one attached hydrogen (secondary N) is 2. The molecule has 0 aliphatic rings. The molecule has 0 amide bonds. The topological polar surface area (TPSA) is 44.5 Å². The lowest BCUT2D eigenvalue weighted by molar-refractivity contribution is 1.10. The molecule has 4 rings (SSSR count). The molecule has 0 aliphatic heterocycles. The Labute approximate surface area is 116 Å². The molecule has 0 radical (unpaired) electrons. The standard InChI is InChI=1S/C17H13N3/c1-2-12(10-14(3-1)17-7-9-19-20-17)13-4-5-16-15(11-13)6-8-18-16/h1-11,18H,(H,19,20). The summed E-state index contributed by atoms with van der Waals surface area (Å²) in [6.45, 7) is 0. The fourth-order valence-corrected chi connectivity index (χ4v) is 2.52. The predicted octanol–water partition coefficient (Wildman–Crippen LogP) is 4.23. The SMILES string of the molecule is c1cc(-c2ccc3[nH]ccc3c2)cc(-c2ccn[nH]2)c1. The maximum atomic E-state index is 4.01. The molecule has 3 nitrogen and oxygen atoms in total. The molecule has 2 heterocycles. The second-order valence-electron chi connectivity index (χ2n) is 4.83. The minimum Gasteiger partial charge on any atom is -0.361 e. The number of rotatable bonds is 2. The van der Waals surface area contributed by atoms with E-state index in [0.717, 1.165) is 11.3 Å². The van der Waals surface area contributed by atoms with E-state index in [9.17, 15) is 0 Å². The zero-order chi connectivity index (χ0) is 13.4. The Morgan fingerprint density at radius 2 is 1.70 bits per heavy atom. The van der Waals surface area contributed by atoms with E-state index in [1.54, 1.807) is 6.20 Å². The van der Waals surface area contributed by atoms with Crippen LogP contribution in [0.1, 0.15) is 0 Å². The summed E-state index contributed by atoms with van der Waals surface area (Å²) >= 11 is 0. The first-order valence-corrected chi connectivity index (χ1v) is 6.57. The van der Waals surface area contributed by atoms with E-state index in [4.69, 9.17) is 0 Å². The van der Waals surface area contributed by atoms with Gasteiger partial charge in [-0.3, -0.25) is 5.10 Å². The molecule has 96 valence electrons. The van der Waals surface area contributed by atoms with Gasteiger partial charge in [-0.1, -0.05) is 24.3 Å². The van der Waals surface area contributed by atoms with Gasteiger partial charge in [-0.15, -0.1) is 0 Å². The van der Waals surface area contributed by atoms with Crippen molar-refractivity contribution in [1.29, 1.82) is 0 Å². The number of hydrogen-bond acceptors (Lipinski definition) is 1. The maximum absolute atomic E-state index is 4.01. The van der Waals surface area contributed by atoms with Gasteiger partial charge in [0.05, 0.1) is 5.69 Å². The second-order valence-corrected chi connectivity index (χ2v) is 4.83. The summed E-state index contributed by atoms with van der Waals surface area (Å²) in [6, 6.07) is 19.0. The maximum Gasteiger partial charge on any atom is 0.0650 e. The monoisotopic (exact) mass is 259 g/mol. The predicted molar refractivity (Wildman–Crippen MR) is 81.3 cm³/mol. The largest absolute Gasteiger partial charge is 0.361 e. The minimum absolute atomic E-state index is 1.04. The van der Waals surface area contributed by atoms with Crippen molar-refractivity contribution in [2.75, 3.05) is 0 Å². The van der Waals surface area contributed by atoms with Gasteiger partial charge in [0.1, 0.15) is 0 Å². The van der Waals surface area contributed by atoms with Gasteiger partial charge in [-0.2, -0.15) is 5.10 Å². The lowest BCUT2D eigenvalue weighted by Crippen LogP contribution is -1.82. The van der Waals surface area contributed by atoms with Gasteiger partial charge in [0.25, 0.3) is 0 Å². The normalized spacial score (nSPS) is 11.0. The van der Waals surface area contributed by atoms with E-state index in [1.165, 1.54) is 22.0 Å². The highest BCUT2D eigenvalue weighted by Crippen LogP contribution is 2.27. The molecule has 0 aliphatic carbocycles. The van der Waals surface area contributed by atoms with Crippen LogP contribution in [0, 0.1) is 0 Å². The summed E-state index contributed by atoms with van der Waals surface area (Å²) in [5.74, 6) is 0. The Balaban J connectivity index is 1.83. The third kappa shape index (κ3) is 1.80. The molecular formula is C17H13N3. The quantitative estimate of drug-likeness (QED) is 0.556. The summed E-state index contributed by atoms with van der Waals surface area (Å²) < 4.78 is 0. The molecule has 4 aromatic rings. The van der Waals surface area contributed by atoms with Crippen molar-refractivity contribution in [2.45, 2.75) is 0 Å². The van der Waals surface area contributed by atoms with Crippen LogP contribution in [0.5, 0.6) is 0 Å². The van der Waals surface area contributed by atoms with Crippen molar-refractivity contribution in [1.82, 2.24) is 15.2 Å². The zero-order valence-corrected chi connectivity index (χ0v) is 10.8. The van der Waals surface area contributed by atoms with E-state index in [0.29, 0.717) is 0 Å². The Kier molecular flexibility index (Phi) is 2.42. The van der Waals surface area contributed by atoms with Crippen LogP contribution >= 0.6 is 0 Å². The molecule has 2 aromatic heterocycles. The van der Waals surface area contributed by atoms with Crippen LogP contribution < -0.4 is 0 Å². The summed E-state index contributed by atoms with van der Waals surface area (Å²) in [7, 11) is 0. The van der Waals surface area contributed by atoms with Crippen molar-refractivity contribution in [3.8, 4) is 22.4 Å². The van der Waals surface area contributed by atoms with Crippen LogP contribution in [0.3, 0.4) is 0 Å². The van der Waals surface area contributed by atoms with Crippen LogP contribution in [0.4, 0.5) is 0 Å². The van der Waals surface area contributed by atoms with E-state index < -0.39 is 0 Å². The molecule has 0 fully saturated rings. The number of aromatic nitrogens is 3. The van der Waals surface area contributed by atoms with Gasteiger partial charge >= 0.3 is 0 Å². The van der Waals surface area contributed by atoms with Gasteiger partial charge in [-0.25, -0.2) is 0 Å². The van der Waals surface area contributed by atoms with Crippen molar-refractivity contribution in [2.24, 2.45) is 0 Å². The minimum atomic E-state index is 1.04. The van der Waals surface area contributed by atoms with Gasteiger partial charge in [0.15, 0.2) is 0 Å². The van der Waals surface area contributed by atoms with E-state index in [-0.39, 0.29) is 0 Å². The fraction of sp³-hybridized carbons (Fsp3) is 0. The molecule has 3 heteroatoms. The molecule has 0 atom stereocenters. The first-order valence-electron chi connectivity index (χ1n) is 6.57. The summed E-state index contributed by atoms with van der Waals surface area (Å²) in [5.41, 5.74) is 5.78. The van der Waals surface area contributed by atoms with Crippen LogP contribution in [0.2, 0.25) is 0 Å². The van der Waals surface area contributed by atoms with E-state index >= 15 is 0 Å². The summed E-state index contributed by atoms with van der Waals surface area (Å²) in [4.78, 5) is 3.22. The average molecular weight is 259 g/mol. The number of nitrogens with zero attached hydrogens (tertiary/aromatic N) is 1. The molecular weight excluding hydrogens is 246 g/mol. The van der Waals surface area contributed by atoms with Crippen LogP contribution in [-0.4, -0.2) is 15.2 Å².